The average molecular weight is 421 g/mol. The Balaban J connectivity index is 1.37. The summed E-state index contributed by atoms with van der Waals surface area (Å²) in [6.45, 7) is 4.64. The van der Waals surface area contributed by atoms with Crippen LogP contribution in [0.1, 0.15) is 41.4 Å². The third-order valence-corrected chi connectivity index (χ3v) is 5.98. The van der Waals surface area contributed by atoms with E-state index in [1.807, 2.05) is 23.1 Å². The highest BCUT2D eigenvalue weighted by molar-refractivity contribution is 5.94. The molecule has 0 unspecified atom stereocenters. The minimum Gasteiger partial charge on any atom is -0.467 e. The van der Waals surface area contributed by atoms with Gasteiger partial charge in [0.25, 0.3) is 16.8 Å². The van der Waals surface area contributed by atoms with E-state index in [0.717, 1.165) is 37.3 Å². The molecule has 31 heavy (non-hydrogen) atoms. The fourth-order valence-electron chi connectivity index (χ4n) is 3.96. The van der Waals surface area contributed by atoms with E-state index in [4.69, 9.17) is 4.42 Å². The van der Waals surface area contributed by atoms with Crippen LogP contribution >= 0.6 is 0 Å². The Labute approximate surface area is 181 Å². The minimum absolute atomic E-state index is 0.0972. The van der Waals surface area contributed by atoms with Gasteiger partial charge in [-0.1, -0.05) is 19.1 Å². The van der Waals surface area contributed by atoms with Crippen LogP contribution in [0.15, 0.2) is 56.7 Å². The van der Waals surface area contributed by atoms with Crippen LogP contribution in [0.2, 0.25) is 0 Å². The van der Waals surface area contributed by atoms with E-state index < -0.39 is 10.9 Å². The molecule has 1 saturated heterocycles. The van der Waals surface area contributed by atoms with Crippen LogP contribution in [0.4, 0.5) is 11.4 Å². The largest absolute Gasteiger partial charge is 0.467 e. The molecule has 0 aliphatic carbocycles. The number of carbonyl (C=O) groups excluding carboxylic acids is 1. The van der Waals surface area contributed by atoms with Gasteiger partial charge in [-0.05, 0) is 48.6 Å². The predicted octanol–water partition coefficient (Wildman–Crippen LogP) is 3.00. The number of anilines is 2. The Morgan fingerprint density at radius 1 is 1.13 bits per heavy atom. The van der Waals surface area contributed by atoms with Gasteiger partial charge in [0.05, 0.1) is 12.8 Å². The number of benzene rings is 1. The van der Waals surface area contributed by atoms with E-state index in [9.17, 15) is 14.4 Å². The van der Waals surface area contributed by atoms with Crippen molar-refractivity contribution in [2.75, 3.05) is 30.4 Å². The quantitative estimate of drug-likeness (QED) is 0.591. The molecule has 3 aromatic rings. The van der Waals surface area contributed by atoms with Crippen molar-refractivity contribution in [2.24, 2.45) is 5.92 Å². The van der Waals surface area contributed by atoms with Gasteiger partial charge in [0.2, 0.25) is 0 Å². The molecule has 2 heterocycles. The number of carbonyl (C=O) groups is 1. The van der Waals surface area contributed by atoms with Gasteiger partial charge in [-0.2, -0.15) is 0 Å². The van der Waals surface area contributed by atoms with Gasteiger partial charge in [0.1, 0.15) is 17.1 Å². The molecule has 0 bridgehead atoms. The van der Waals surface area contributed by atoms with Gasteiger partial charge in [-0.3, -0.25) is 14.4 Å². The summed E-state index contributed by atoms with van der Waals surface area (Å²) >= 11 is 0. The van der Waals surface area contributed by atoms with Crippen LogP contribution in [0.5, 0.6) is 0 Å². The predicted molar refractivity (Wildman–Crippen MR) is 120 cm³/mol. The smallest absolute Gasteiger partial charge is 0.254 e. The number of rotatable bonds is 7. The molecule has 7 nitrogen and oxygen atoms in total. The molecule has 0 saturated carbocycles. The summed E-state index contributed by atoms with van der Waals surface area (Å²) in [6, 6.07) is 10.9. The van der Waals surface area contributed by atoms with E-state index in [-0.39, 0.29) is 5.91 Å². The fourth-order valence-corrected chi connectivity index (χ4v) is 3.96. The summed E-state index contributed by atoms with van der Waals surface area (Å²) in [5, 5.41) is 3.14. The molecular weight excluding hydrogens is 394 g/mol. The molecule has 1 aromatic heterocycles. The topological polar surface area (TPSA) is 82.9 Å². The lowest BCUT2D eigenvalue weighted by atomic mass is 9.98. The van der Waals surface area contributed by atoms with Gasteiger partial charge in [-0.25, -0.2) is 0 Å². The molecule has 1 aliphatic heterocycles. The first kappa shape index (κ1) is 20.9. The van der Waals surface area contributed by atoms with Crippen LogP contribution in [-0.4, -0.2) is 30.9 Å². The van der Waals surface area contributed by atoms with Crippen molar-refractivity contribution in [1.82, 2.24) is 4.90 Å². The van der Waals surface area contributed by atoms with E-state index in [0.29, 0.717) is 35.9 Å². The highest BCUT2D eigenvalue weighted by atomic mass is 16.3. The van der Waals surface area contributed by atoms with Gasteiger partial charge in [-0.15, -0.1) is 0 Å². The Kier molecular flexibility index (Phi) is 5.93. The standard InChI is InChI=1S/C24H27N3O4/c1-16-9-11-27(12-10-16)21-20(22(28)23(21)29)25-14-17-5-7-18(8-6-17)24(30)26(2)15-19-4-3-13-31-19/h3-8,13,16,25H,9-12,14-15H2,1-2H3. The van der Waals surface area contributed by atoms with Gasteiger partial charge in [0.15, 0.2) is 0 Å². The van der Waals surface area contributed by atoms with Crippen molar-refractivity contribution in [3.8, 4) is 0 Å². The molecule has 0 radical (unpaired) electrons. The van der Waals surface area contributed by atoms with Gasteiger partial charge >= 0.3 is 0 Å². The van der Waals surface area contributed by atoms with Crippen molar-refractivity contribution in [2.45, 2.75) is 32.9 Å². The number of furan rings is 1. The van der Waals surface area contributed by atoms with Crippen LogP contribution < -0.4 is 21.1 Å². The van der Waals surface area contributed by atoms with Gasteiger partial charge < -0.3 is 19.5 Å². The third kappa shape index (κ3) is 4.40. The molecule has 0 atom stereocenters. The summed E-state index contributed by atoms with van der Waals surface area (Å²) in [5.41, 5.74) is 1.62. The van der Waals surface area contributed by atoms with Crippen LogP contribution in [0.25, 0.3) is 0 Å². The lowest BCUT2D eigenvalue weighted by Crippen LogP contribution is -2.45. The molecule has 1 amide bonds. The number of piperidine rings is 1. The lowest BCUT2D eigenvalue weighted by Gasteiger charge is -2.33. The van der Waals surface area contributed by atoms with Crippen molar-refractivity contribution in [3.05, 3.63) is 80.0 Å². The van der Waals surface area contributed by atoms with Crippen LogP contribution in [0.3, 0.4) is 0 Å². The zero-order valence-electron chi connectivity index (χ0n) is 17.9. The highest BCUT2D eigenvalue weighted by Gasteiger charge is 2.28. The minimum atomic E-state index is -0.444. The van der Waals surface area contributed by atoms with Crippen LogP contribution in [-0.2, 0) is 13.1 Å². The lowest BCUT2D eigenvalue weighted by molar-refractivity contribution is 0.0775. The zero-order valence-corrected chi connectivity index (χ0v) is 17.9. The first-order valence-electron chi connectivity index (χ1n) is 10.6. The van der Waals surface area contributed by atoms with Crippen molar-refractivity contribution < 1.29 is 9.21 Å². The Bertz CT molecular complexity index is 1100. The number of hydrogen-bond acceptors (Lipinski definition) is 6. The molecule has 1 aliphatic rings. The molecule has 1 N–H and O–H groups in total. The fraction of sp³-hybridized carbons (Fsp3) is 0.375. The molecule has 162 valence electrons. The van der Waals surface area contributed by atoms with Crippen LogP contribution in [0, 0.1) is 5.92 Å². The normalized spacial score (nSPS) is 14.7. The first-order valence-corrected chi connectivity index (χ1v) is 10.6. The molecular formula is C24H27N3O4. The van der Waals surface area contributed by atoms with E-state index in [2.05, 4.69) is 12.2 Å². The molecule has 4 rings (SSSR count). The zero-order chi connectivity index (χ0) is 22.0. The maximum absolute atomic E-state index is 12.6. The second-order valence-electron chi connectivity index (χ2n) is 8.34. The van der Waals surface area contributed by atoms with E-state index in [1.54, 1.807) is 36.4 Å². The molecule has 1 fully saturated rings. The Morgan fingerprint density at radius 3 is 2.48 bits per heavy atom. The maximum Gasteiger partial charge on any atom is 0.254 e. The monoisotopic (exact) mass is 421 g/mol. The SMILES string of the molecule is CC1CCN(c2c(NCc3ccc(C(=O)N(C)Cc4ccco4)cc3)c(=O)c2=O)CC1. The number of amides is 1. The van der Waals surface area contributed by atoms with E-state index >= 15 is 0 Å². The van der Waals surface area contributed by atoms with Crippen molar-refractivity contribution in [3.63, 3.8) is 0 Å². The second kappa shape index (κ2) is 8.79. The van der Waals surface area contributed by atoms with Gasteiger partial charge in [0, 0.05) is 32.2 Å². The first-order chi connectivity index (χ1) is 14.9. The molecule has 0 spiro atoms. The second-order valence-corrected chi connectivity index (χ2v) is 8.34. The molecule has 7 heteroatoms. The molecule has 2 aromatic carbocycles. The van der Waals surface area contributed by atoms with E-state index in [1.165, 1.54) is 0 Å². The highest BCUT2D eigenvalue weighted by Crippen LogP contribution is 2.26. The summed E-state index contributed by atoms with van der Waals surface area (Å²) in [7, 11) is 1.73. The Morgan fingerprint density at radius 2 is 1.84 bits per heavy atom. The van der Waals surface area contributed by atoms with Crippen molar-refractivity contribution >= 4 is 17.3 Å². The Hall–Kier alpha value is -3.35. The summed E-state index contributed by atoms with van der Waals surface area (Å²) in [6.07, 6.45) is 3.65. The summed E-state index contributed by atoms with van der Waals surface area (Å²) < 4.78 is 5.29. The summed E-state index contributed by atoms with van der Waals surface area (Å²) in [5.74, 6) is 1.28. The number of hydrogen-bond donors (Lipinski definition) is 1. The number of nitrogens with one attached hydrogen (secondary N) is 1. The third-order valence-electron chi connectivity index (χ3n) is 5.98. The maximum atomic E-state index is 12.6. The van der Waals surface area contributed by atoms with Crippen molar-refractivity contribution in [1.29, 1.82) is 0 Å². The summed E-state index contributed by atoms with van der Waals surface area (Å²) in [4.78, 5) is 40.4. The average Bonchev–Trinajstić information content (AvgIpc) is 3.30. The number of nitrogens with zero attached hydrogens (tertiary/aromatic N) is 2.